The third-order valence-electron chi connectivity index (χ3n) is 3.02. The van der Waals surface area contributed by atoms with E-state index in [9.17, 15) is 0 Å². The van der Waals surface area contributed by atoms with E-state index in [1.54, 1.807) is 11.3 Å². The topological polar surface area (TPSA) is 50.9 Å². The second kappa shape index (κ2) is 3.21. The first-order valence-electron chi connectivity index (χ1n) is 5.04. The number of hydrogen-bond acceptors (Lipinski definition) is 4. The van der Waals surface area contributed by atoms with Gasteiger partial charge in [-0.3, -0.25) is 5.43 Å². The monoisotopic (exact) mass is 211 g/mol. The van der Waals surface area contributed by atoms with Crippen LogP contribution in [0.4, 0.5) is 5.13 Å². The van der Waals surface area contributed by atoms with Gasteiger partial charge in [0.25, 0.3) is 0 Å². The Morgan fingerprint density at radius 3 is 2.71 bits per heavy atom. The van der Waals surface area contributed by atoms with E-state index in [1.807, 2.05) is 0 Å². The highest BCUT2D eigenvalue weighted by atomic mass is 32.1. The Bertz CT molecular complexity index is 343. The van der Waals surface area contributed by atoms with Crippen LogP contribution >= 0.6 is 11.3 Å². The third kappa shape index (κ3) is 1.53. The minimum absolute atomic E-state index is 0.448. The van der Waals surface area contributed by atoms with E-state index in [-0.39, 0.29) is 0 Å². The van der Waals surface area contributed by atoms with Gasteiger partial charge in [0, 0.05) is 10.8 Å². The van der Waals surface area contributed by atoms with Gasteiger partial charge in [-0.2, -0.15) is 0 Å². The number of nitrogen functional groups attached to an aromatic ring is 1. The SMILES string of the molecule is CCc1sc(NN)nc1C1CC1(C)C. The molecule has 0 aliphatic heterocycles. The van der Waals surface area contributed by atoms with Gasteiger partial charge < -0.3 is 0 Å². The van der Waals surface area contributed by atoms with Crippen LogP contribution < -0.4 is 11.3 Å². The van der Waals surface area contributed by atoms with E-state index in [1.165, 1.54) is 17.0 Å². The second-order valence-corrected chi connectivity index (χ2v) is 5.65. The van der Waals surface area contributed by atoms with Crippen LogP contribution in [0, 0.1) is 5.41 Å². The number of nitrogens with two attached hydrogens (primary N) is 1. The predicted molar refractivity (Wildman–Crippen MR) is 60.4 cm³/mol. The summed E-state index contributed by atoms with van der Waals surface area (Å²) in [6, 6.07) is 0. The first-order chi connectivity index (χ1) is 6.58. The van der Waals surface area contributed by atoms with Gasteiger partial charge in [-0.1, -0.05) is 20.8 Å². The number of thiazole rings is 1. The summed E-state index contributed by atoms with van der Waals surface area (Å²) in [5, 5.41) is 0.847. The van der Waals surface area contributed by atoms with Gasteiger partial charge in [0.05, 0.1) is 5.69 Å². The summed E-state index contributed by atoms with van der Waals surface area (Å²) in [6.07, 6.45) is 2.31. The van der Waals surface area contributed by atoms with Crippen molar-refractivity contribution in [2.24, 2.45) is 11.3 Å². The van der Waals surface area contributed by atoms with E-state index < -0.39 is 0 Å². The molecule has 1 aliphatic carbocycles. The lowest BCUT2D eigenvalue weighted by Crippen LogP contribution is -2.06. The predicted octanol–water partition coefficient (Wildman–Crippen LogP) is 2.50. The van der Waals surface area contributed by atoms with E-state index in [4.69, 9.17) is 5.84 Å². The highest BCUT2D eigenvalue weighted by Crippen LogP contribution is 2.59. The summed E-state index contributed by atoms with van der Waals surface area (Å²) >= 11 is 1.68. The van der Waals surface area contributed by atoms with Crippen LogP contribution in [0.1, 0.15) is 43.7 Å². The number of hydrazine groups is 1. The van der Waals surface area contributed by atoms with E-state index in [0.29, 0.717) is 11.3 Å². The Morgan fingerprint density at radius 2 is 2.29 bits per heavy atom. The van der Waals surface area contributed by atoms with Crippen LogP contribution in [-0.2, 0) is 6.42 Å². The number of aryl methyl sites for hydroxylation is 1. The molecule has 1 aliphatic rings. The van der Waals surface area contributed by atoms with Crippen molar-refractivity contribution in [1.82, 2.24) is 4.98 Å². The molecule has 4 heteroatoms. The van der Waals surface area contributed by atoms with Crippen molar-refractivity contribution in [1.29, 1.82) is 0 Å². The molecule has 1 atom stereocenters. The van der Waals surface area contributed by atoms with Crippen LogP contribution in [0.3, 0.4) is 0 Å². The molecule has 0 amide bonds. The summed E-state index contributed by atoms with van der Waals surface area (Å²) in [7, 11) is 0. The zero-order valence-electron chi connectivity index (χ0n) is 8.92. The molecule has 0 saturated heterocycles. The zero-order chi connectivity index (χ0) is 10.3. The largest absolute Gasteiger partial charge is 0.300 e. The van der Waals surface area contributed by atoms with Gasteiger partial charge >= 0.3 is 0 Å². The van der Waals surface area contributed by atoms with Crippen molar-refractivity contribution in [3.63, 3.8) is 0 Å². The van der Waals surface area contributed by atoms with Gasteiger partial charge in [-0.05, 0) is 18.3 Å². The van der Waals surface area contributed by atoms with Crippen molar-refractivity contribution in [3.05, 3.63) is 10.6 Å². The molecular formula is C10H17N3S. The van der Waals surface area contributed by atoms with Crippen LogP contribution in [-0.4, -0.2) is 4.98 Å². The second-order valence-electron chi connectivity index (χ2n) is 4.57. The highest BCUT2D eigenvalue weighted by molar-refractivity contribution is 7.15. The lowest BCUT2D eigenvalue weighted by atomic mass is 10.1. The minimum atomic E-state index is 0.448. The molecule has 0 bridgehead atoms. The average Bonchev–Trinajstić information content (AvgIpc) is 2.65. The standard InChI is InChI=1S/C10H17N3S/c1-4-7-8(6-5-10(6,2)3)12-9(13-11)14-7/h6H,4-5,11H2,1-3H3,(H,12,13). The maximum absolute atomic E-state index is 5.37. The molecule has 1 fully saturated rings. The van der Waals surface area contributed by atoms with E-state index in [2.05, 4.69) is 31.2 Å². The molecule has 0 radical (unpaired) electrons. The van der Waals surface area contributed by atoms with E-state index in [0.717, 1.165) is 11.6 Å². The summed E-state index contributed by atoms with van der Waals surface area (Å²) in [6.45, 7) is 6.77. The fourth-order valence-corrected chi connectivity index (χ4v) is 2.76. The number of rotatable bonds is 3. The normalized spacial score (nSPS) is 23.6. The molecule has 1 aromatic heterocycles. The maximum Gasteiger partial charge on any atom is 0.197 e. The molecule has 0 aromatic carbocycles. The van der Waals surface area contributed by atoms with Crippen molar-refractivity contribution >= 4 is 16.5 Å². The van der Waals surface area contributed by atoms with Crippen molar-refractivity contribution in [3.8, 4) is 0 Å². The molecule has 1 unspecified atom stereocenters. The first kappa shape index (κ1) is 9.93. The van der Waals surface area contributed by atoms with Crippen LogP contribution in [0.5, 0.6) is 0 Å². The molecule has 2 rings (SSSR count). The van der Waals surface area contributed by atoms with Gasteiger partial charge in [-0.15, -0.1) is 11.3 Å². The summed E-state index contributed by atoms with van der Waals surface area (Å²) in [4.78, 5) is 5.92. The molecule has 1 heterocycles. The number of aromatic nitrogens is 1. The molecule has 1 saturated carbocycles. The smallest absolute Gasteiger partial charge is 0.197 e. The number of anilines is 1. The molecule has 14 heavy (non-hydrogen) atoms. The fraction of sp³-hybridized carbons (Fsp3) is 0.700. The molecular weight excluding hydrogens is 194 g/mol. The van der Waals surface area contributed by atoms with Crippen LogP contribution in [0.2, 0.25) is 0 Å². The van der Waals surface area contributed by atoms with Gasteiger partial charge in [-0.25, -0.2) is 10.8 Å². The highest BCUT2D eigenvalue weighted by Gasteiger charge is 2.48. The molecule has 3 N–H and O–H groups in total. The van der Waals surface area contributed by atoms with Crippen LogP contribution in [0.25, 0.3) is 0 Å². The Balaban J connectivity index is 2.28. The summed E-state index contributed by atoms with van der Waals surface area (Å²) in [5.74, 6) is 6.02. The first-order valence-corrected chi connectivity index (χ1v) is 5.86. The molecule has 78 valence electrons. The van der Waals surface area contributed by atoms with Crippen molar-refractivity contribution in [2.45, 2.75) is 39.5 Å². The number of nitrogens with zero attached hydrogens (tertiary/aromatic N) is 1. The molecule has 3 nitrogen and oxygen atoms in total. The fourth-order valence-electron chi connectivity index (χ4n) is 1.88. The van der Waals surface area contributed by atoms with Crippen LogP contribution in [0.15, 0.2) is 0 Å². The van der Waals surface area contributed by atoms with Gasteiger partial charge in [0.2, 0.25) is 0 Å². The minimum Gasteiger partial charge on any atom is -0.300 e. The Labute approximate surface area is 88.7 Å². The summed E-state index contributed by atoms with van der Waals surface area (Å²) < 4.78 is 0. The lowest BCUT2D eigenvalue weighted by molar-refractivity contribution is 0.615. The third-order valence-corrected chi connectivity index (χ3v) is 4.16. The van der Waals surface area contributed by atoms with Crippen molar-refractivity contribution in [2.75, 3.05) is 5.43 Å². The number of hydrogen-bond donors (Lipinski definition) is 2. The Kier molecular flexibility index (Phi) is 2.27. The Hall–Kier alpha value is -0.610. The summed E-state index contributed by atoms with van der Waals surface area (Å²) in [5.41, 5.74) is 4.36. The van der Waals surface area contributed by atoms with Crippen molar-refractivity contribution < 1.29 is 0 Å². The zero-order valence-corrected chi connectivity index (χ0v) is 9.74. The maximum atomic E-state index is 5.37. The number of nitrogens with one attached hydrogen (secondary N) is 1. The van der Waals surface area contributed by atoms with Gasteiger partial charge in [0.1, 0.15) is 0 Å². The average molecular weight is 211 g/mol. The Morgan fingerprint density at radius 1 is 1.64 bits per heavy atom. The van der Waals surface area contributed by atoms with E-state index >= 15 is 0 Å². The molecule has 0 spiro atoms. The lowest BCUT2D eigenvalue weighted by Gasteiger charge is -2.01. The molecule has 1 aromatic rings. The van der Waals surface area contributed by atoms with Gasteiger partial charge in [0.15, 0.2) is 5.13 Å². The quantitative estimate of drug-likeness (QED) is 0.596.